The highest BCUT2D eigenvalue weighted by molar-refractivity contribution is 5.80. The molecule has 0 aliphatic carbocycles. The first kappa shape index (κ1) is 16.5. The fourth-order valence-electron chi connectivity index (χ4n) is 2.71. The molecule has 1 aromatic rings. The number of benzene rings is 1. The van der Waals surface area contributed by atoms with Crippen LogP contribution in [0.3, 0.4) is 0 Å². The Labute approximate surface area is 132 Å². The molecular weight excluding hydrogens is 278 g/mol. The van der Waals surface area contributed by atoms with Crippen molar-refractivity contribution < 1.29 is 9.59 Å². The number of amides is 2. The monoisotopic (exact) mass is 303 g/mol. The molecule has 1 saturated heterocycles. The average molecular weight is 303 g/mol. The van der Waals surface area contributed by atoms with Crippen molar-refractivity contribution in [1.82, 2.24) is 15.1 Å². The lowest BCUT2D eigenvalue weighted by Crippen LogP contribution is -2.50. The van der Waals surface area contributed by atoms with Crippen molar-refractivity contribution in [3.8, 4) is 0 Å². The van der Waals surface area contributed by atoms with Crippen LogP contribution >= 0.6 is 0 Å². The molecule has 1 heterocycles. The minimum absolute atomic E-state index is 0.0161. The molecule has 1 aliphatic heterocycles. The van der Waals surface area contributed by atoms with E-state index >= 15 is 0 Å². The van der Waals surface area contributed by atoms with Crippen molar-refractivity contribution in [2.75, 3.05) is 27.2 Å². The number of carbonyl (C=O) groups is 2. The van der Waals surface area contributed by atoms with Gasteiger partial charge >= 0.3 is 0 Å². The molecular formula is C17H25N3O2. The second-order valence-electron chi connectivity index (χ2n) is 6.24. The van der Waals surface area contributed by atoms with Gasteiger partial charge in [0, 0.05) is 32.6 Å². The zero-order chi connectivity index (χ0) is 16.1. The van der Waals surface area contributed by atoms with E-state index in [4.69, 9.17) is 0 Å². The van der Waals surface area contributed by atoms with Crippen molar-refractivity contribution in [2.45, 2.75) is 32.4 Å². The third kappa shape index (κ3) is 4.84. The Morgan fingerprint density at radius 3 is 2.68 bits per heavy atom. The second-order valence-corrected chi connectivity index (χ2v) is 6.24. The third-order valence-electron chi connectivity index (χ3n) is 3.98. The van der Waals surface area contributed by atoms with Gasteiger partial charge in [-0.25, -0.2) is 0 Å². The van der Waals surface area contributed by atoms with E-state index in [1.54, 1.807) is 11.9 Å². The summed E-state index contributed by atoms with van der Waals surface area (Å²) in [4.78, 5) is 27.2. The van der Waals surface area contributed by atoms with Gasteiger partial charge in [0.25, 0.3) is 0 Å². The normalized spacial score (nSPS) is 18.6. The maximum absolute atomic E-state index is 12.1. The molecule has 0 aromatic heterocycles. The number of carbonyl (C=O) groups excluding carboxylic acids is 2. The summed E-state index contributed by atoms with van der Waals surface area (Å²) in [6, 6.07) is 8.41. The number of likely N-dealkylation sites (tertiary alicyclic amines) is 1. The minimum Gasteiger partial charge on any atom is -0.350 e. The SMILES string of the molecule is Cc1ccc(CN(C)CC(=O)N[C@@H]2CCC(=O)N(C)C2)cc1. The van der Waals surface area contributed by atoms with Crippen LogP contribution in [0.25, 0.3) is 0 Å². The lowest BCUT2D eigenvalue weighted by molar-refractivity contribution is -0.134. The fraction of sp³-hybridized carbons (Fsp3) is 0.529. The Morgan fingerprint density at radius 2 is 2.05 bits per heavy atom. The molecule has 22 heavy (non-hydrogen) atoms. The number of likely N-dealkylation sites (N-methyl/N-ethyl adjacent to an activating group) is 2. The van der Waals surface area contributed by atoms with E-state index in [9.17, 15) is 9.59 Å². The van der Waals surface area contributed by atoms with E-state index in [0.29, 0.717) is 19.5 Å². The number of hydrogen-bond acceptors (Lipinski definition) is 3. The summed E-state index contributed by atoms with van der Waals surface area (Å²) >= 11 is 0. The van der Waals surface area contributed by atoms with Crippen molar-refractivity contribution in [1.29, 1.82) is 0 Å². The van der Waals surface area contributed by atoms with Crippen LogP contribution in [0.4, 0.5) is 0 Å². The number of piperidine rings is 1. The van der Waals surface area contributed by atoms with E-state index < -0.39 is 0 Å². The predicted molar refractivity (Wildman–Crippen MR) is 86.3 cm³/mol. The van der Waals surface area contributed by atoms with Crippen molar-refractivity contribution in [3.63, 3.8) is 0 Å². The van der Waals surface area contributed by atoms with Crippen LogP contribution in [0.1, 0.15) is 24.0 Å². The summed E-state index contributed by atoms with van der Waals surface area (Å²) in [7, 11) is 3.72. The molecule has 0 bridgehead atoms. The Morgan fingerprint density at radius 1 is 1.36 bits per heavy atom. The second kappa shape index (κ2) is 7.40. The van der Waals surface area contributed by atoms with Gasteiger partial charge in [-0.3, -0.25) is 14.5 Å². The molecule has 120 valence electrons. The minimum atomic E-state index is 0.0161. The van der Waals surface area contributed by atoms with E-state index in [0.717, 1.165) is 13.0 Å². The Bertz CT molecular complexity index is 527. The molecule has 1 aromatic carbocycles. The molecule has 1 fully saturated rings. The zero-order valence-electron chi connectivity index (χ0n) is 13.6. The molecule has 5 nitrogen and oxygen atoms in total. The smallest absolute Gasteiger partial charge is 0.234 e. The highest BCUT2D eigenvalue weighted by Crippen LogP contribution is 2.10. The van der Waals surface area contributed by atoms with E-state index in [2.05, 4.69) is 36.5 Å². The largest absolute Gasteiger partial charge is 0.350 e. The van der Waals surface area contributed by atoms with Crippen LogP contribution in [-0.4, -0.2) is 54.8 Å². The summed E-state index contributed by atoms with van der Waals surface area (Å²) in [6.07, 6.45) is 1.25. The standard InChI is InChI=1S/C17H25N3O2/c1-13-4-6-14(7-5-13)10-19(2)12-16(21)18-15-8-9-17(22)20(3)11-15/h4-7,15H,8-12H2,1-3H3,(H,18,21)/t15-/m1/s1. The van der Waals surface area contributed by atoms with E-state index in [1.165, 1.54) is 11.1 Å². The molecule has 2 rings (SSSR count). The number of hydrogen-bond donors (Lipinski definition) is 1. The topological polar surface area (TPSA) is 52.7 Å². The van der Waals surface area contributed by atoms with Crippen LogP contribution in [0.15, 0.2) is 24.3 Å². The first-order valence-electron chi connectivity index (χ1n) is 7.71. The zero-order valence-corrected chi connectivity index (χ0v) is 13.6. The van der Waals surface area contributed by atoms with Gasteiger partial charge in [-0.1, -0.05) is 29.8 Å². The Kier molecular flexibility index (Phi) is 5.55. The lowest BCUT2D eigenvalue weighted by atomic mass is 10.1. The molecule has 0 unspecified atom stereocenters. The third-order valence-corrected chi connectivity index (χ3v) is 3.98. The number of aryl methyl sites for hydroxylation is 1. The van der Waals surface area contributed by atoms with E-state index in [1.807, 2.05) is 11.9 Å². The van der Waals surface area contributed by atoms with Crippen molar-refractivity contribution in [3.05, 3.63) is 35.4 Å². The predicted octanol–water partition coefficient (Wildman–Crippen LogP) is 1.16. The summed E-state index contributed by atoms with van der Waals surface area (Å²) in [5, 5.41) is 3.02. The summed E-state index contributed by atoms with van der Waals surface area (Å²) in [5.41, 5.74) is 2.43. The van der Waals surface area contributed by atoms with Gasteiger partial charge in [0.1, 0.15) is 0 Å². The van der Waals surface area contributed by atoms with Gasteiger partial charge in [0.2, 0.25) is 11.8 Å². The maximum Gasteiger partial charge on any atom is 0.234 e. The molecule has 0 spiro atoms. The molecule has 0 saturated carbocycles. The molecule has 1 atom stereocenters. The van der Waals surface area contributed by atoms with Gasteiger partial charge < -0.3 is 10.2 Å². The number of rotatable bonds is 5. The van der Waals surface area contributed by atoms with Crippen LogP contribution in [-0.2, 0) is 16.1 Å². The van der Waals surface area contributed by atoms with Gasteiger partial charge in [-0.15, -0.1) is 0 Å². The van der Waals surface area contributed by atoms with Gasteiger partial charge in [-0.2, -0.15) is 0 Å². The van der Waals surface area contributed by atoms with Crippen LogP contribution < -0.4 is 5.32 Å². The first-order chi connectivity index (χ1) is 10.4. The van der Waals surface area contributed by atoms with Gasteiger partial charge in [0.15, 0.2) is 0 Å². The highest BCUT2D eigenvalue weighted by Gasteiger charge is 2.24. The van der Waals surface area contributed by atoms with E-state index in [-0.39, 0.29) is 17.9 Å². The van der Waals surface area contributed by atoms with Crippen LogP contribution in [0, 0.1) is 6.92 Å². The first-order valence-corrected chi connectivity index (χ1v) is 7.71. The maximum atomic E-state index is 12.1. The molecule has 1 N–H and O–H groups in total. The fourth-order valence-corrected chi connectivity index (χ4v) is 2.71. The molecule has 1 aliphatic rings. The number of nitrogens with zero attached hydrogens (tertiary/aromatic N) is 2. The van der Waals surface area contributed by atoms with Crippen LogP contribution in [0.5, 0.6) is 0 Å². The Hall–Kier alpha value is -1.88. The Balaban J connectivity index is 1.76. The lowest BCUT2D eigenvalue weighted by Gasteiger charge is -2.30. The van der Waals surface area contributed by atoms with Crippen molar-refractivity contribution in [2.24, 2.45) is 0 Å². The molecule has 0 radical (unpaired) electrons. The summed E-state index contributed by atoms with van der Waals surface area (Å²) < 4.78 is 0. The highest BCUT2D eigenvalue weighted by atomic mass is 16.2. The van der Waals surface area contributed by atoms with Crippen LogP contribution in [0.2, 0.25) is 0 Å². The summed E-state index contributed by atoms with van der Waals surface area (Å²) in [5.74, 6) is 0.171. The quantitative estimate of drug-likeness (QED) is 0.888. The molecule has 5 heteroatoms. The van der Waals surface area contributed by atoms with Crippen molar-refractivity contribution >= 4 is 11.8 Å². The average Bonchev–Trinajstić information content (AvgIpc) is 2.45. The number of nitrogens with one attached hydrogen (secondary N) is 1. The van der Waals surface area contributed by atoms with Gasteiger partial charge in [-0.05, 0) is 26.0 Å². The molecule has 2 amide bonds. The van der Waals surface area contributed by atoms with Gasteiger partial charge in [0.05, 0.1) is 6.54 Å². The summed E-state index contributed by atoms with van der Waals surface area (Å²) in [6.45, 7) is 3.78.